The van der Waals surface area contributed by atoms with Gasteiger partial charge in [0, 0.05) is 55.4 Å². The van der Waals surface area contributed by atoms with E-state index in [1.807, 2.05) is 0 Å². The molecule has 0 amide bonds. The molecule has 0 aliphatic rings. The van der Waals surface area contributed by atoms with Gasteiger partial charge >= 0.3 is 0 Å². The quantitative estimate of drug-likeness (QED) is 0.160. The maximum absolute atomic E-state index is 7.08. The number of aromatic nitrogens is 2. The molecule has 0 atom stereocenters. The number of nitrogens with zero attached hydrogens (tertiary/aromatic N) is 3. The standard InChI is InChI=1S/C60H39N3O/c1-2-18-42(19-3-1)63-57-31-13-9-24-52(57)60-58(63)53-27-15-26-51(59(53)64-60)50-23-8-10-28-54(50)61(43-34-32-41(33-35-43)47-25-14-17-40-16-4-5-20-46(40)47)44-36-38-45(39-37-44)62-55-29-11-6-21-48(55)49-22-7-12-30-56(49)62/h1-39H. The highest BCUT2D eigenvalue weighted by Gasteiger charge is 2.24. The van der Waals surface area contributed by atoms with Crippen molar-refractivity contribution in [1.29, 1.82) is 0 Å². The summed E-state index contributed by atoms with van der Waals surface area (Å²) in [5, 5.41) is 7.13. The molecule has 3 aromatic heterocycles. The monoisotopic (exact) mass is 817 g/mol. The highest BCUT2D eigenvalue weighted by Crippen LogP contribution is 2.47. The van der Waals surface area contributed by atoms with Crippen LogP contribution in [-0.2, 0) is 0 Å². The van der Waals surface area contributed by atoms with Gasteiger partial charge in [-0.3, -0.25) is 0 Å². The van der Waals surface area contributed by atoms with Gasteiger partial charge in [0.15, 0.2) is 5.58 Å². The molecule has 10 aromatic carbocycles. The smallest absolute Gasteiger partial charge is 0.161 e. The van der Waals surface area contributed by atoms with Gasteiger partial charge in [0.1, 0.15) is 11.1 Å². The van der Waals surface area contributed by atoms with Crippen molar-refractivity contribution in [3.8, 4) is 33.6 Å². The van der Waals surface area contributed by atoms with Gasteiger partial charge in [-0.15, -0.1) is 0 Å². The highest BCUT2D eigenvalue weighted by molar-refractivity contribution is 6.19. The molecule has 0 N–H and O–H groups in total. The maximum atomic E-state index is 7.08. The Balaban J connectivity index is 1.00. The van der Waals surface area contributed by atoms with E-state index in [0.717, 1.165) is 72.5 Å². The van der Waals surface area contributed by atoms with Crippen LogP contribution < -0.4 is 4.90 Å². The lowest BCUT2D eigenvalue weighted by Crippen LogP contribution is -2.11. The molecule has 0 fully saturated rings. The van der Waals surface area contributed by atoms with Crippen LogP contribution in [0.25, 0.3) is 99.2 Å². The van der Waals surface area contributed by atoms with Crippen LogP contribution in [0.4, 0.5) is 17.1 Å². The van der Waals surface area contributed by atoms with Gasteiger partial charge in [0.2, 0.25) is 0 Å². The summed E-state index contributed by atoms with van der Waals surface area (Å²) in [6.07, 6.45) is 0. The van der Waals surface area contributed by atoms with Gasteiger partial charge in [-0.05, 0) is 107 Å². The van der Waals surface area contributed by atoms with E-state index in [0.29, 0.717) is 0 Å². The van der Waals surface area contributed by atoms with E-state index in [1.54, 1.807) is 0 Å². The molecule has 0 spiro atoms. The van der Waals surface area contributed by atoms with Gasteiger partial charge in [-0.2, -0.15) is 0 Å². The lowest BCUT2D eigenvalue weighted by Gasteiger charge is -2.28. The molecule has 13 aromatic rings. The predicted molar refractivity (Wildman–Crippen MR) is 268 cm³/mol. The zero-order chi connectivity index (χ0) is 42.1. The molecular weight excluding hydrogens is 779 g/mol. The molecule has 0 saturated heterocycles. The molecule has 0 aliphatic carbocycles. The number of furan rings is 1. The van der Waals surface area contributed by atoms with Crippen LogP contribution in [0, 0.1) is 0 Å². The van der Waals surface area contributed by atoms with Crippen LogP contribution in [0.2, 0.25) is 0 Å². The third kappa shape index (κ3) is 5.56. The molecular formula is C60H39N3O. The first-order valence-corrected chi connectivity index (χ1v) is 21.8. The number of fused-ring (bicyclic) bond motifs is 9. The van der Waals surface area contributed by atoms with Gasteiger partial charge < -0.3 is 18.5 Å². The summed E-state index contributed by atoms with van der Waals surface area (Å²) in [6.45, 7) is 0. The summed E-state index contributed by atoms with van der Waals surface area (Å²) < 4.78 is 11.8. The molecule has 4 heteroatoms. The highest BCUT2D eigenvalue weighted by atomic mass is 16.3. The summed E-state index contributed by atoms with van der Waals surface area (Å²) in [4.78, 5) is 2.39. The van der Waals surface area contributed by atoms with Crippen molar-refractivity contribution in [3.05, 3.63) is 237 Å². The van der Waals surface area contributed by atoms with Crippen LogP contribution in [0.1, 0.15) is 0 Å². The second kappa shape index (κ2) is 14.5. The summed E-state index contributed by atoms with van der Waals surface area (Å²) in [5.41, 5.74) is 16.2. The molecule has 0 aliphatic heterocycles. The Morgan fingerprint density at radius 2 is 0.812 bits per heavy atom. The Hall–Kier alpha value is -8.60. The lowest BCUT2D eigenvalue weighted by molar-refractivity contribution is 0.674. The topological polar surface area (TPSA) is 26.2 Å². The summed E-state index contributed by atoms with van der Waals surface area (Å²) in [5.74, 6) is 0. The van der Waals surface area contributed by atoms with E-state index in [1.165, 1.54) is 43.7 Å². The van der Waals surface area contributed by atoms with Crippen LogP contribution in [0.15, 0.2) is 241 Å². The Morgan fingerprint density at radius 1 is 0.312 bits per heavy atom. The molecule has 13 rings (SSSR count). The molecule has 0 radical (unpaired) electrons. The minimum absolute atomic E-state index is 0.864. The van der Waals surface area contributed by atoms with Crippen molar-refractivity contribution in [3.63, 3.8) is 0 Å². The minimum atomic E-state index is 0.864. The van der Waals surface area contributed by atoms with E-state index in [-0.39, 0.29) is 0 Å². The van der Waals surface area contributed by atoms with E-state index in [2.05, 4.69) is 251 Å². The fourth-order valence-corrected chi connectivity index (χ4v) is 10.1. The first-order valence-electron chi connectivity index (χ1n) is 21.8. The third-order valence-corrected chi connectivity index (χ3v) is 12.9. The molecule has 4 nitrogen and oxygen atoms in total. The largest absolute Gasteiger partial charge is 0.453 e. The summed E-state index contributed by atoms with van der Waals surface area (Å²) >= 11 is 0. The van der Waals surface area contributed by atoms with Crippen molar-refractivity contribution in [2.75, 3.05) is 4.90 Å². The first kappa shape index (κ1) is 36.1. The van der Waals surface area contributed by atoms with Crippen LogP contribution in [-0.4, -0.2) is 9.13 Å². The van der Waals surface area contributed by atoms with E-state index < -0.39 is 0 Å². The number of benzene rings is 10. The number of hydrogen-bond acceptors (Lipinski definition) is 2. The Labute approximate surface area is 369 Å². The predicted octanol–water partition coefficient (Wildman–Crippen LogP) is 16.6. The average molecular weight is 818 g/mol. The Bertz CT molecular complexity index is 3830. The fourth-order valence-electron chi connectivity index (χ4n) is 10.1. The summed E-state index contributed by atoms with van der Waals surface area (Å²) in [6, 6.07) is 85.0. The van der Waals surface area contributed by atoms with Gasteiger partial charge in [0.25, 0.3) is 0 Å². The number of rotatable bonds is 7. The van der Waals surface area contributed by atoms with Crippen LogP contribution in [0.5, 0.6) is 0 Å². The zero-order valence-electron chi connectivity index (χ0n) is 34.8. The van der Waals surface area contributed by atoms with Gasteiger partial charge in [-0.1, -0.05) is 152 Å². The second-order valence-electron chi connectivity index (χ2n) is 16.5. The van der Waals surface area contributed by atoms with Crippen molar-refractivity contribution in [1.82, 2.24) is 9.13 Å². The number of para-hydroxylation sites is 6. The van der Waals surface area contributed by atoms with E-state index in [9.17, 15) is 0 Å². The van der Waals surface area contributed by atoms with Crippen molar-refractivity contribution in [2.45, 2.75) is 0 Å². The average Bonchev–Trinajstić information content (AvgIpc) is 4.02. The normalized spacial score (nSPS) is 11.8. The van der Waals surface area contributed by atoms with Crippen LogP contribution in [0.3, 0.4) is 0 Å². The van der Waals surface area contributed by atoms with E-state index >= 15 is 0 Å². The molecule has 64 heavy (non-hydrogen) atoms. The second-order valence-corrected chi connectivity index (χ2v) is 16.5. The Kier molecular flexibility index (Phi) is 8.18. The fraction of sp³-hybridized carbons (Fsp3) is 0. The first-order chi connectivity index (χ1) is 31.8. The number of hydrogen-bond donors (Lipinski definition) is 0. The van der Waals surface area contributed by atoms with Gasteiger partial charge in [0.05, 0.1) is 22.2 Å². The molecule has 0 saturated carbocycles. The third-order valence-electron chi connectivity index (χ3n) is 12.9. The summed E-state index contributed by atoms with van der Waals surface area (Å²) in [7, 11) is 0. The number of anilines is 3. The SMILES string of the molecule is c1ccc(-n2c3ccccc3c3oc4c(-c5ccccc5N(c5ccc(-c6cccc7ccccc67)cc5)c5ccc(-n6c7ccccc7c7ccccc76)cc5)cccc4c32)cc1. The molecule has 3 heterocycles. The molecule has 0 unspecified atom stereocenters. The maximum Gasteiger partial charge on any atom is 0.161 e. The van der Waals surface area contributed by atoms with Crippen molar-refractivity contribution < 1.29 is 4.42 Å². The van der Waals surface area contributed by atoms with Crippen molar-refractivity contribution >= 4 is 82.6 Å². The lowest BCUT2D eigenvalue weighted by atomic mass is 9.97. The van der Waals surface area contributed by atoms with E-state index in [4.69, 9.17) is 4.42 Å². The zero-order valence-corrected chi connectivity index (χ0v) is 34.8. The van der Waals surface area contributed by atoms with Crippen molar-refractivity contribution in [2.24, 2.45) is 0 Å². The Morgan fingerprint density at radius 3 is 1.55 bits per heavy atom. The molecule has 300 valence electrons. The van der Waals surface area contributed by atoms with Gasteiger partial charge in [-0.25, -0.2) is 0 Å². The minimum Gasteiger partial charge on any atom is -0.453 e. The molecule has 0 bridgehead atoms. The van der Waals surface area contributed by atoms with Crippen LogP contribution >= 0.6 is 0 Å².